The van der Waals surface area contributed by atoms with Crippen molar-refractivity contribution in [1.82, 2.24) is 4.90 Å². The summed E-state index contributed by atoms with van der Waals surface area (Å²) < 4.78 is 4.84. The molecular formula is C21H22ClNO5. The Kier molecular flexibility index (Phi) is 8.73. The lowest BCUT2D eigenvalue weighted by Gasteiger charge is -2.28. The highest BCUT2D eigenvalue weighted by atomic mass is 35.5. The van der Waals surface area contributed by atoms with Gasteiger partial charge in [-0.05, 0) is 30.5 Å². The largest absolute Gasteiger partial charge is 0.480 e. The van der Waals surface area contributed by atoms with Crippen LogP contribution < -0.4 is 0 Å². The molecule has 0 atom stereocenters. The number of carbonyl (C=O) groups excluding carboxylic acids is 2. The molecule has 7 heteroatoms. The SMILES string of the molecule is O=C(O)COCC#CCN1C(=O)CCCC1=CCC(=O)Cc1cccc(Cl)c1. The van der Waals surface area contributed by atoms with Crippen molar-refractivity contribution in [2.75, 3.05) is 19.8 Å². The Labute approximate surface area is 169 Å². The summed E-state index contributed by atoms with van der Waals surface area (Å²) in [5.74, 6) is 4.48. The van der Waals surface area contributed by atoms with Gasteiger partial charge in [0.15, 0.2) is 0 Å². The van der Waals surface area contributed by atoms with Crippen molar-refractivity contribution in [2.24, 2.45) is 0 Å². The average Bonchev–Trinajstić information content (AvgIpc) is 2.64. The molecule has 0 radical (unpaired) electrons. The van der Waals surface area contributed by atoms with E-state index >= 15 is 0 Å². The number of ether oxygens (including phenoxy) is 1. The number of benzene rings is 1. The number of halogens is 1. The van der Waals surface area contributed by atoms with Crippen molar-refractivity contribution in [3.63, 3.8) is 0 Å². The summed E-state index contributed by atoms with van der Waals surface area (Å²) in [6.45, 7) is -0.216. The summed E-state index contributed by atoms with van der Waals surface area (Å²) in [6, 6.07) is 7.20. The van der Waals surface area contributed by atoms with Crippen LogP contribution in [0.3, 0.4) is 0 Å². The molecule has 2 rings (SSSR count). The second kappa shape index (κ2) is 11.3. The lowest BCUT2D eigenvalue weighted by Crippen LogP contribution is -2.34. The van der Waals surface area contributed by atoms with Crippen LogP contribution in [0.4, 0.5) is 0 Å². The zero-order valence-electron chi connectivity index (χ0n) is 15.4. The van der Waals surface area contributed by atoms with Crippen LogP contribution in [0, 0.1) is 11.8 Å². The topological polar surface area (TPSA) is 83.9 Å². The maximum Gasteiger partial charge on any atom is 0.329 e. The van der Waals surface area contributed by atoms with Gasteiger partial charge in [-0.3, -0.25) is 9.59 Å². The number of allylic oxidation sites excluding steroid dienone is 2. The first-order valence-electron chi connectivity index (χ1n) is 8.96. The lowest BCUT2D eigenvalue weighted by atomic mass is 10.0. The molecule has 0 aromatic heterocycles. The number of ketones is 1. The summed E-state index contributed by atoms with van der Waals surface area (Å²) >= 11 is 5.94. The first kappa shape index (κ1) is 21.7. The molecule has 0 bridgehead atoms. The van der Waals surface area contributed by atoms with Gasteiger partial charge in [-0.1, -0.05) is 41.7 Å². The van der Waals surface area contributed by atoms with E-state index in [1.807, 2.05) is 12.1 Å². The molecule has 1 saturated heterocycles. The molecule has 148 valence electrons. The zero-order chi connectivity index (χ0) is 20.4. The molecule has 1 N–H and O–H groups in total. The van der Waals surface area contributed by atoms with Crippen LogP contribution in [-0.4, -0.2) is 47.4 Å². The summed E-state index contributed by atoms with van der Waals surface area (Å²) in [7, 11) is 0. The van der Waals surface area contributed by atoms with E-state index in [0.29, 0.717) is 24.3 Å². The van der Waals surface area contributed by atoms with Gasteiger partial charge in [0.05, 0.1) is 6.54 Å². The molecule has 28 heavy (non-hydrogen) atoms. The fourth-order valence-corrected chi connectivity index (χ4v) is 3.02. The number of carboxylic acid groups (broad SMARTS) is 1. The number of likely N-dealkylation sites (tertiary alicyclic amines) is 1. The van der Waals surface area contributed by atoms with Crippen LogP contribution in [0.15, 0.2) is 36.0 Å². The van der Waals surface area contributed by atoms with E-state index in [9.17, 15) is 14.4 Å². The van der Waals surface area contributed by atoms with Crippen molar-refractivity contribution in [3.8, 4) is 11.8 Å². The minimum Gasteiger partial charge on any atom is -0.480 e. The number of hydrogen-bond donors (Lipinski definition) is 1. The van der Waals surface area contributed by atoms with Crippen molar-refractivity contribution < 1.29 is 24.2 Å². The lowest BCUT2D eigenvalue weighted by molar-refractivity contribution is -0.141. The van der Waals surface area contributed by atoms with Crippen molar-refractivity contribution in [2.45, 2.75) is 32.1 Å². The highest BCUT2D eigenvalue weighted by Gasteiger charge is 2.22. The first-order chi connectivity index (χ1) is 13.5. The minimum atomic E-state index is -1.05. The standard InChI is InChI=1S/C21H22ClNO5/c22-17-6-3-5-16(13-17)14-19(24)10-9-18-7-4-8-20(25)23(18)11-1-2-12-28-15-21(26)27/h3,5-6,9,13H,4,7-8,10-12,14-15H2,(H,26,27). The number of Topliss-reactive ketones (excluding diaryl/α,β-unsaturated/α-hetero) is 1. The Morgan fingerprint density at radius 2 is 2.11 bits per heavy atom. The number of carbonyl (C=O) groups is 3. The van der Waals surface area contributed by atoms with E-state index in [1.165, 1.54) is 0 Å². The molecule has 1 aliphatic rings. The molecule has 0 spiro atoms. The Hall–Kier alpha value is -2.62. The number of amides is 1. The Bertz CT molecular complexity index is 822. The highest BCUT2D eigenvalue weighted by Crippen LogP contribution is 2.22. The Morgan fingerprint density at radius 3 is 2.86 bits per heavy atom. The molecule has 0 aliphatic carbocycles. The van der Waals surface area contributed by atoms with E-state index < -0.39 is 12.6 Å². The predicted molar refractivity (Wildman–Crippen MR) is 105 cm³/mol. The molecule has 1 heterocycles. The monoisotopic (exact) mass is 403 g/mol. The Balaban J connectivity index is 1.91. The van der Waals surface area contributed by atoms with Crippen LogP contribution >= 0.6 is 11.6 Å². The summed E-state index contributed by atoms with van der Waals surface area (Å²) in [4.78, 5) is 36.4. The third-order valence-corrected chi connectivity index (χ3v) is 4.32. The molecule has 0 saturated carbocycles. The van der Waals surface area contributed by atoms with Gasteiger partial charge >= 0.3 is 5.97 Å². The maximum absolute atomic E-state index is 12.3. The third kappa shape index (κ3) is 7.55. The van der Waals surface area contributed by atoms with Crippen LogP contribution in [0.1, 0.15) is 31.2 Å². The normalized spacial score (nSPS) is 15.2. The van der Waals surface area contributed by atoms with Gasteiger partial charge in [0, 0.05) is 30.0 Å². The van der Waals surface area contributed by atoms with Crippen LogP contribution in [0.5, 0.6) is 0 Å². The van der Waals surface area contributed by atoms with Crippen molar-refractivity contribution in [1.29, 1.82) is 0 Å². The van der Waals surface area contributed by atoms with Gasteiger partial charge in [0.2, 0.25) is 5.91 Å². The number of aliphatic carboxylic acids is 1. The maximum atomic E-state index is 12.3. The second-order valence-corrected chi connectivity index (χ2v) is 6.75. The molecule has 6 nitrogen and oxygen atoms in total. The minimum absolute atomic E-state index is 0.00843. The number of piperidine rings is 1. The van der Waals surface area contributed by atoms with Crippen LogP contribution in [-0.2, 0) is 25.5 Å². The summed E-state index contributed by atoms with van der Waals surface area (Å²) in [5.41, 5.74) is 1.66. The molecule has 1 aromatic rings. The third-order valence-electron chi connectivity index (χ3n) is 4.09. The summed E-state index contributed by atoms with van der Waals surface area (Å²) in [5, 5.41) is 9.08. The van der Waals surface area contributed by atoms with E-state index in [0.717, 1.165) is 17.7 Å². The van der Waals surface area contributed by atoms with E-state index in [2.05, 4.69) is 11.8 Å². The van der Waals surface area contributed by atoms with Crippen molar-refractivity contribution in [3.05, 3.63) is 46.6 Å². The molecule has 1 fully saturated rings. The van der Waals surface area contributed by atoms with E-state index in [-0.39, 0.29) is 31.3 Å². The zero-order valence-corrected chi connectivity index (χ0v) is 16.2. The number of rotatable bonds is 8. The molecule has 1 amide bonds. The summed E-state index contributed by atoms with van der Waals surface area (Å²) in [6.07, 6.45) is 4.24. The molecular weight excluding hydrogens is 382 g/mol. The smallest absolute Gasteiger partial charge is 0.329 e. The number of carboxylic acids is 1. The van der Waals surface area contributed by atoms with Crippen LogP contribution in [0.2, 0.25) is 5.02 Å². The van der Waals surface area contributed by atoms with Crippen LogP contribution in [0.25, 0.3) is 0 Å². The van der Waals surface area contributed by atoms with Crippen molar-refractivity contribution >= 4 is 29.3 Å². The highest BCUT2D eigenvalue weighted by molar-refractivity contribution is 6.30. The van der Waals surface area contributed by atoms with Gasteiger partial charge in [0.1, 0.15) is 19.0 Å². The van der Waals surface area contributed by atoms with Gasteiger partial charge < -0.3 is 14.7 Å². The molecule has 0 unspecified atom stereocenters. The van der Waals surface area contributed by atoms with E-state index in [1.54, 1.807) is 23.1 Å². The average molecular weight is 404 g/mol. The Morgan fingerprint density at radius 1 is 1.29 bits per heavy atom. The quantitative estimate of drug-likeness (QED) is 0.533. The van der Waals surface area contributed by atoms with E-state index in [4.69, 9.17) is 21.4 Å². The van der Waals surface area contributed by atoms with Gasteiger partial charge in [-0.2, -0.15) is 0 Å². The van der Waals surface area contributed by atoms with Gasteiger partial charge in [-0.25, -0.2) is 4.79 Å². The fraction of sp³-hybridized carbons (Fsp3) is 0.381. The number of hydrogen-bond acceptors (Lipinski definition) is 4. The first-order valence-corrected chi connectivity index (χ1v) is 9.34. The van der Waals surface area contributed by atoms with Gasteiger partial charge in [-0.15, -0.1) is 0 Å². The predicted octanol–water partition coefficient (Wildman–Crippen LogP) is 2.84. The number of nitrogens with zero attached hydrogens (tertiary/aromatic N) is 1. The second-order valence-electron chi connectivity index (χ2n) is 6.32. The molecule has 1 aliphatic heterocycles. The van der Waals surface area contributed by atoms with Gasteiger partial charge in [0.25, 0.3) is 0 Å². The molecule has 1 aromatic carbocycles. The fourth-order valence-electron chi connectivity index (χ4n) is 2.81.